The van der Waals surface area contributed by atoms with Gasteiger partial charge in [0.1, 0.15) is 5.82 Å². The molecule has 4 heteroatoms. The highest BCUT2D eigenvalue weighted by atomic mass is 19.1. The molecule has 1 aromatic carbocycles. The Morgan fingerprint density at radius 3 is 2.78 bits per heavy atom. The number of allylic oxidation sites excluding steroid dienone is 1. The number of benzene rings is 1. The van der Waals surface area contributed by atoms with Crippen LogP contribution in [-0.2, 0) is 16.0 Å². The van der Waals surface area contributed by atoms with Crippen LogP contribution >= 0.6 is 0 Å². The molecule has 2 rings (SSSR count). The molecule has 126 valence electrons. The molecular formula is C19H25FO3. The summed E-state index contributed by atoms with van der Waals surface area (Å²) < 4.78 is 18.0. The van der Waals surface area contributed by atoms with Crippen LogP contribution in [0.4, 0.5) is 4.39 Å². The van der Waals surface area contributed by atoms with Crippen LogP contribution in [0.25, 0.3) is 0 Å². The number of ketones is 1. The molecule has 0 radical (unpaired) electrons. The van der Waals surface area contributed by atoms with Crippen LogP contribution in [0.1, 0.15) is 55.5 Å². The molecule has 0 aliphatic heterocycles. The molecule has 1 aliphatic rings. The highest BCUT2D eigenvalue weighted by molar-refractivity contribution is 6.00. The van der Waals surface area contributed by atoms with Crippen LogP contribution in [0.2, 0.25) is 0 Å². The van der Waals surface area contributed by atoms with Crippen molar-refractivity contribution in [2.75, 3.05) is 6.61 Å². The van der Waals surface area contributed by atoms with E-state index < -0.39 is 0 Å². The quantitative estimate of drug-likeness (QED) is 0.593. The Hall–Kier alpha value is -1.97. The molecule has 3 nitrogen and oxygen atoms in total. The minimum Gasteiger partial charge on any atom is -0.466 e. The average molecular weight is 320 g/mol. The topological polar surface area (TPSA) is 43.4 Å². The lowest BCUT2D eigenvalue weighted by molar-refractivity contribution is -0.143. The Balaban J connectivity index is 0.000000284. The molecule has 0 saturated heterocycles. The second-order valence-corrected chi connectivity index (χ2v) is 5.45. The predicted molar refractivity (Wildman–Crippen MR) is 88.9 cm³/mol. The third-order valence-corrected chi connectivity index (χ3v) is 3.71. The van der Waals surface area contributed by atoms with Gasteiger partial charge in [-0.15, -0.1) is 6.58 Å². The Labute approximate surface area is 137 Å². The van der Waals surface area contributed by atoms with E-state index in [9.17, 15) is 14.0 Å². The van der Waals surface area contributed by atoms with Crippen molar-refractivity contribution in [3.8, 4) is 0 Å². The number of fused-ring (bicyclic) bond motifs is 1. The number of carbonyl (C=O) groups excluding carboxylic acids is 2. The zero-order chi connectivity index (χ0) is 17.2. The molecule has 0 heterocycles. The first-order valence-corrected chi connectivity index (χ1v) is 8.13. The van der Waals surface area contributed by atoms with E-state index in [-0.39, 0.29) is 23.5 Å². The lowest BCUT2D eigenvalue weighted by Crippen LogP contribution is -2.22. The van der Waals surface area contributed by atoms with E-state index in [0.29, 0.717) is 37.0 Å². The van der Waals surface area contributed by atoms with Gasteiger partial charge in [0, 0.05) is 17.9 Å². The zero-order valence-electron chi connectivity index (χ0n) is 13.9. The number of Topliss-reactive ketones (excluding diaryl/α,β-unsaturated/α-hetero) is 1. The summed E-state index contributed by atoms with van der Waals surface area (Å²) in [6.07, 6.45) is 5.26. The van der Waals surface area contributed by atoms with Crippen LogP contribution in [0.5, 0.6) is 0 Å². The Morgan fingerprint density at radius 2 is 2.17 bits per heavy atom. The maximum absolute atomic E-state index is 13.4. The first-order chi connectivity index (χ1) is 11.0. The summed E-state index contributed by atoms with van der Waals surface area (Å²) in [5.41, 5.74) is 1.15. The third-order valence-electron chi connectivity index (χ3n) is 3.71. The molecule has 0 amide bonds. The summed E-state index contributed by atoms with van der Waals surface area (Å²) in [6.45, 7) is 7.90. The van der Waals surface area contributed by atoms with Gasteiger partial charge in [-0.3, -0.25) is 9.59 Å². The minimum absolute atomic E-state index is 0.00296. The molecule has 0 N–H and O–H groups in total. The van der Waals surface area contributed by atoms with Crippen molar-refractivity contribution >= 4 is 11.8 Å². The van der Waals surface area contributed by atoms with Crippen molar-refractivity contribution in [1.82, 2.24) is 0 Å². The van der Waals surface area contributed by atoms with Crippen molar-refractivity contribution in [3.05, 3.63) is 47.8 Å². The highest BCUT2D eigenvalue weighted by Crippen LogP contribution is 2.29. The standard InChI is InChI=1S/C13H13FO.C6H12O2/c1-2-4-9-7-8-10-11(13(9)15)5-3-6-12(10)14;1-3-5-6(7)8-4-2/h2-3,5-6,9H,1,4,7-8H2;3-5H2,1-2H3/t9-;/m0./s1. The smallest absolute Gasteiger partial charge is 0.305 e. The molecule has 0 spiro atoms. The number of rotatable bonds is 5. The summed E-state index contributed by atoms with van der Waals surface area (Å²) in [6, 6.07) is 4.73. The maximum atomic E-state index is 13.4. The van der Waals surface area contributed by atoms with E-state index in [4.69, 9.17) is 0 Å². The van der Waals surface area contributed by atoms with E-state index in [1.54, 1.807) is 18.2 Å². The third kappa shape index (κ3) is 5.62. The molecular weight excluding hydrogens is 295 g/mol. The summed E-state index contributed by atoms with van der Waals surface area (Å²) in [7, 11) is 0. The van der Waals surface area contributed by atoms with Gasteiger partial charge >= 0.3 is 5.97 Å². The number of hydrogen-bond donors (Lipinski definition) is 0. The van der Waals surface area contributed by atoms with Crippen LogP contribution in [0.15, 0.2) is 30.9 Å². The van der Waals surface area contributed by atoms with Crippen LogP contribution in [0, 0.1) is 11.7 Å². The fourth-order valence-corrected chi connectivity index (χ4v) is 2.58. The Kier molecular flexibility index (Phi) is 8.23. The molecule has 0 bridgehead atoms. The maximum Gasteiger partial charge on any atom is 0.305 e. The van der Waals surface area contributed by atoms with Gasteiger partial charge in [0.15, 0.2) is 5.78 Å². The number of hydrogen-bond acceptors (Lipinski definition) is 3. The number of halogens is 1. The summed E-state index contributed by atoms with van der Waals surface area (Å²) >= 11 is 0. The summed E-state index contributed by atoms with van der Waals surface area (Å²) in [5, 5.41) is 0. The van der Waals surface area contributed by atoms with Gasteiger partial charge in [-0.05, 0) is 44.2 Å². The van der Waals surface area contributed by atoms with Crippen LogP contribution in [0.3, 0.4) is 0 Å². The number of carbonyl (C=O) groups is 2. The zero-order valence-corrected chi connectivity index (χ0v) is 13.9. The molecule has 1 atom stereocenters. The van der Waals surface area contributed by atoms with Gasteiger partial charge in [0.05, 0.1) is 6.61 Å². The largest absolute Gasteiger partial charge is 0.466 e. The van der Waals surface area contributed by atoms with E-state index in [0.717, 1.165) is 12.8 Å². The fourth-order valence-electron chi connectivity index (χ4n) is 2.58. The van der Waals surface area contributed by atoms with Gasteiger partial charge in [0.25, 0.3) is 0 Å². The van der Waals surface area contributed by atoms with Gasteiger partial charge < -0.3 is 4.74 Å². The molecule has 1 aliphatic carbocycles. The fraction of sp³-hybridized carbons (Fsp3) is 0.474. The van der Waals surface area contributed by atoms with Gasteiger partial charge in [-0.1, -0.05) is 25.1 Å². The van der Waals surface area contributed by atoms with Crippen LogP contribution < -0.4 is 0 Å². The second kappa shape index (κ2) is 9.93. The Bertz CT molecular complexity index is 544. The molecule has 0 aromatic heterocycles. The summed E-state index contributed by atoms with van der Waals surface area (Å²) in [5.74, 6) is -0.277. The molecule has 0 saturated carbocycles. The van der Waals surface area contributed by atoms with E-state index in [1.807, 2.05) is 13.8 Å². The van der Waals surface area contributed by atoms with Gasteiger partial charge in [-0.25, -0.2) is 4.39 Å². The molecule has 0 fully saturated rings. The lowest BCUT2D eigenvalue weighted by atomic mass is 9.81. The molecule has 23 heavy (non-hydrogen) atoms. The van der Waals surface area contributed by atoms with Crippen molar-refractivity contribution in [2.45, 2.75) is 46.0 Å². The number of ether oxygens (including phenoxy) is 1. The van der Waals surface area contributed by atoms with Crippen molar-refractivity contribution < 1.29 is 18.7 Å². The second-order valence-electron chi connectivity index (χ2n) is 5.45. The average Bonchev–Trinajstić information content (AvgIpc) is 2.52. The lowest BCUT2D eigenvalue weighted by Gasteiger charge is -2.22. The van der Waals surface area contributed by atoms with Gasteiger partial charge in [0.2, 0.25) is 0 Å². The predicted octanol–water partition coefficient (Wildman–Crippen LogP) is 4.50. The van der Waals surface area contributed by atoms with Crippen molar-refractivity contribution in [2.24, 2.45) is 5.92 Å². The molecule has 1 aromatic rings. The first-order valence-electron chi connectivity index (χ1n) is 8.13. The first kappa shape index (κ1) is 19.1. The SMILES string of the molecule is C=CC[C@H]1CCc2c(F)cccc2C1=O.CCCC(=O)OCC. The minimum atomic E-state index is -0.252. The van der Waals surface area contributed by atoms with E-state index in [1.165, 1.54) is 6.07 Å². The highest BCUT2D eigenvalue weighted by Gasteiger charge is 2.27. The van der Waals surface area contributed by atoms with Crippen molar-refractivity contribution in [1.29, 1.82) is 0 Å². The van der Waals surface area contributed by atoms with Crippen molar-refractivity contribution in [3.63, 3.8) is 0 Å². The van der Waals surface area contributed by atoms with Crippen LogP contribution in [-0.4, -0.2) is 18.4 Å². The monoisotopic (exact) mass is 320 g/mol. The van der Waals surface area contributed by atoms with Gasteiger partial charge in [-0.2, -0.15) is 0 Å². The molecule has 0 unspecified atom stereocenters. The van der Waals surface area contributed by atoms with E-state index in [2.05, 4.69) is 11.3 Å². The van der Waals surface area contributed by atoms with E-state index >= 15 is 0 Å². The Morgan fingerprint density at radius 1 is 1.43 bits per heavy atom. The summed E-state index contributed by atoms with van der Waals surface area (Å²) in [4.78, 5) is 22.4. The number of esters is 1. The normalized spacial score (nSPS) is 16.0.